The molecule has 0 spiro atoms. The van der Waals surface area contributed by atoms with Gasteiger partial charge in [0, 0.05) is 12.7 Å². The van der Waals surface area contributed by atoms with Gasteiger partial charge in [0.2, 0.25) is 0 Å². The number of sulfone groups is 1. The molecule has 1 fully saturated rings. The molecule has 6 heteroatoms. The van der Waals surface area contributed by atoms with Crippen LogP contribution in [0.1, 0.15) is 41.6 Å². The second-order valence-corrected chi connectivity index (χ2v) is 7.51. The maximum Gasteiger partial charge on any atom is 0.338 e. The third kappa shape index (κ3) is 4.67. The summed E-state index contributed by atoms with van der Waals surface area (Å²) in [6.07, 6.45) is 3.30. The number of Topliss-reactive ketones (excluding diaryl/α,β-unsaturated/α-hetero) is 1. The number of esters is 1. The van der Waals surface area contributed by atoms with Gasteiger partial charge in [-0.25, -0.2) is 13.2 Å². The Morgan fingerprint density at radius 2 is 1.90 bits per heavy atom. The molecule has 0 heterocycles. The van der Waals surface area contributed by atoms with Crippen LogP contribution in [-0.2, 0) is 25.1 Å². The normalized spacial score (nSPS) is 19.3. The van der Waals surface area contributed by atoms with Gasteiger partial charge in [-0.3, -0.25) is 4.79 Å². The zero-order valence-electron chi connectivity index (χ0n) is 11.9. The molecule has 5 nitrogen and oxygen atoms in total. The molecule has 0 unspecified atom stereocenters. The third-order valence-electron chi connectivity index (χ3n) is 3.37. The number of benzene rings is 1. The quantitative estimate of drug-likeness (QED) is 0.794. The fourth-order valence-electron chi connectivity index (χ4n) is 2.31. The largest absolute Gasteiger partial charge is 0.451 e. The number of ketones is 1. The molecule has 0 amide bonds. The van der Waals surface area contributed by atoms with Crippen molar-refractivity contribution >= 4 is 21.6 Å². The molecule has 21 heavy (non-hydrogen) atoms. The second-order valence-electron chi connectivity index (χ2n) is 5.37. The number of carbonyl (C=O) groups is 2. The van der Waals surface area contributed by atoms with Crippen LogP contribution >= 0.6 is 0 Å². The molecule has 0 saturated heterocycles. The third-order valence-corrected chi connectivity index (χ3v) is 4.22. The summed E-state index contributed by atoms with van der Waals surface area (Å²) in [4.78, 5) is 23.6. The minimum absolute atomic E-state index is 0.0247. The van der Waals surface area contributed by atoms with Crippen LogP contribution in [0.4, 0.5) is 0 Å². The van der Waals surface area contributed by atoms with Gasteiger partial charge < -0.3 is 4.74 Å². The Morgan fingerprint density at radius 3 is 2.48 bits per heavy atom. The summed E-state index contributed by atoms with van der Waals surface area (Å²) in [6.45, 7) is 0. The van der Waals surface area contributed by atoms with Crippen LogP contribution in [0, 0.1) is 0 Å². The Labute approximate surface area is 124 Å². The van der Waals surface area contributed by atoms with Gasteiger partial charge in [-0.2, -0.15) is 0 Å². The van der Waals surface area contributed by atoms with Crippen molar-refractivity contribution in [2.75, 3.05) is 6.26 Å². The van der Waals surface area contributed by atoms with Crippen LogP contribution in [0.5, 0.6) is 0 Å². The van der Waals surface area contributed by atoms with E-state index in [0.29, 0.717) is 24.0 Å². The minimum atomic E-state index is -3.10. The van der Waals surface area contributed by atoms with Gasteiger partial charge in [0.15, 0.2) is 21.7 Å². The van der Waals surface area contributed by atoms with Crippen LogP contribution in [-0.4, -0.2) is 32.5 Å². The highest BCUT2D eigenvalue weighted by molar-refractivity contribution is 7.89. The number of carbonyl (C=O) groups excluding carboxylic acids is 2. The lowest BCUT2D eigenvalue weighted by Crippen LogP contribution is -2.30. The van der Waals surface area contributed by atoms with Crippen molar-refractivity contribution in [2.24, 2.45) is 0 Å². The molecule has 0 radical (unpaired) electrons. The lowest BCUT2D eigenvalue weighted by atomic mass is 9.96. The Hall–Kier alpha value is -1.69. The Balaban J connectivity index is 2.01. The first-order valence-electron chi connectivity index (χ1n) is 6.85. The van der Waals surface area contributed by atoms with E-state index >= 15 is 0 Å². The summed E-state index contributed by atoms with van der Waals surface area (Å²) in [5, 5.41) is 0. The minimum Gasteiger partial charge on any atom is -0.451 e. The Morgan fingerprint density at radius 1 is 1.24 bits per heavy atom. The maximum atomic E-state index is 12.0. The van der Waals surface area contributed by atoms with Crippen molar-refractivity contribution in [1.29, 1.82) is 0 Å². The van der Waals surface area contributed by atoms with E-state index in [0.717, 1.165) is 19.1 Å². The van der Waals surface area contributed by atoms with Crippen molar-refractivity contribution in [3.05, 3.63) is 35.4 Å². The molecule has 1 aliphatic rings. The number of hydrogen-bond acceptors (Lipinski definition) is 5. The van der Waals surface area contributed by atoms with Crippen LogP contribution in [0.15, 0.2) is 24.3 Å². The summed E-state index contributed by atoms with van der Waals surface area (Å²) < 4.78 is 27.6. The Bertz CT molecular complexity index is 631. The smallest absolute Gasteiger partial charge is 0.338 e. The average molecular weight is 310 g/mol. The standard InChI is InChI=1S/C15H18O5S/c1-21(18,19)10-11-6-8-12(9-7-11)15(17)20-14-5-3-2-4-13(14)16/h6-9,14H,2-5,10H2,1H3/t14-/m0/s1. The molecule has 1 atom stereocenters. The van der Waals surface area contributed by atoms with Crippen molar-refractivity contribution in [3.8, 4) is 0 Å². The fourth-order valence-corrected chi connectivity index (χ4v) is 3.11. The van der Waals surface area contributed by atoms with Gasteiger partial charge >= 0.3 is 5.97 Å². The van der Waals surface area contributed by atoms with Crippen LogP contribution in [0.25, 0.3) is 0 Å². The summed E-state index contributed by atoms with van der Waals surface area (Å²) in [5.41, 5.74) is 0.938. The number of hydrogen-bond donors (Lipinski definition) is 0. The van der Waals surface area contributed by atoms with Gasteiger partial charge in [0.1, 0.15) is 0 Å². The molecule has 1 saturated carbocycles. The predicted molar refractivity (Wildman–Crippen MR) is 77.7 cm³/mol. The van der Waals surface area contributed by atoms with E-state index in [1.165, 1.54) is 12.1 Å². The van der Waals surface area contributed by atoms with Crippen LogP contribution in [0.3, 0.4) is 0 Å². The van der Waals surface area contributed by atoms with Crippen LogP contribution < -0.4 is 0 Å². The lowest BCUT2D eigenvalue weighted by Gasteiger charge is -2.20. The van der Waals surface area contributed by atoms with Crippen molar-refractivity contribution in [3.63, 3.8) is 0 Å². The molecular formula is C15H18O5S. The second kappa shape index (κ2) is 6.39. The SMILES string of the molecule is CS(=O)(=O)Cc1ccc(C(=O)O[C@H]2CCCCC2=O)cc1. The zero-order chi connectivity index (χ0) is 15.5. The fraction of sp³-hybridized carbons (Fsp3) is 0.467. The first kappa shape index (κ1) is 15.7. The highest BCUT2D eigenvalue weighted by Gasteiger charge is 2.26. The molecule has 0 aliphatic heterocycles. The predicted octanol–water partition coefficient (Wildman–Crippen LogP) is 1.90. The monoisotopic (exact) mass is 310 g/mol. The van der Waals surface area contributed by atoms with Gasteiger partial charge in [-0.1, -0.05) is 12.1 Å². The van der Waals surface area contributed by atoms with Crippen molar-refractivity contribution in [2.45, 2.75) is 37.5 Å². The van der Waals surface area contributed by atoms with E-state index in [9.17, 15) is 18.0 Å². The molecule has 1 aromatic carbocycles. The molecule has 0 aromatic heterocycles. The topological polar surface area (TPSA) is 77.5 Å². The lowest BCUT2D eigenvalue weighted by molar-refractivity contribution is -0.129. The number of ether oxygens (including phenoxy) is 1. The number of rotatable bonds is 4. The molecule has 1 aliphatic carbocycles. The first-order valence-corrected chi connectivity index (χ1v) is 8.91. The maximum absolute atomic E-state index is 12.0. The summed E-state index contributed by atoms with van der Waals surface area (Å²) >= 11 is 0. The van der Waals surface area contributed by atoms with Crippen molar-refractivity contribution < 1.29 is 22.7 Å². The highest BCUT2D eigenvalue weighted by Crippen LogP contribution is 2.19. The van der Waals surface area contributed by atoms with E-state index in [1.807, 2.05) is 0 Å². The van der Waals surface area contributed by atoms with Gasteiger partial charge in [0.25, 0.3) is 0 Å². The summed E-state index contributed by atoms with van der Waals surface area (Å²) in [6, 6.07) is 6.22. The molecule has 2 rings (SSSR count). The van der Waals surface area contributed by atoms with Crippen LogP contribution in [0.2, 0.25) is 0 Å². The molecule has 1 aromatic rings. The molecular weight excluding hydrogens is 292 g/mol. The molecule has 114 valence electrons. The summed E-state index contributed by atoms with van der Waals surface area (Å²) in [7, 11) is -3.10. The molecule has 0 N–H and O–H groups in total. The average Bonchev–Trinajstić information content (AvgIpc) is 2.40. The van der Waals surface area contributed by atoms with Gasteiger partial charge in [0.05, 0.1) is 11.3 Å². The van der Waals surface area contributed by atoms with Gasteiger partial charge in [-0.15, -0.1) is 0 Å². The van der Waals surface area contributed by atoms with Crippen molar-refractivity contribution in [1.82, 2.24) is 0 Å². The first-order chi connectivity index (χ1) is 9.85. The molecule has 0 bridgehead atoms. The van der Waals surface area contributed by atoms with E-state index in [1.54, 1.807) is 12.1 Å². The van der Waals surface area contributed by atoms with Gasteiger partial charge in [-0.05, 0) is 37.0 Å². The van der Waals surface area contributed by atoms with E-state index in [4.69, 9.17) is 4.74 Å². The highest BCUT2D eigenvalue weighted by atomic mass is 32.2. The summed E-state index contributed by atoms with van der Waals surface area (Å²) in [5.74, 6) is -0.631. The van der Waals surface area contributed by atoms with E-state index < -0.39 is 21.9 Å². The zero-order valence-corrected chi connectivity index (χ0v) is 12.7. The van der Waals surface area contributed by atoms with E-state index in [2.05, 4.69) is 0 Å². The Kier molecular flexibility index (Phi) is 4.77. The van der Waals surface area contributed by atoms with E-state index in [-0.39, 0.29) is 11.5 Å².